The molecule has 4 aromatic rings. The monoisotopic (exact) mass is 449 g/mol. The molecule has 0 amide bonds. The number of pyridine rings is 1. The third-order valence-corrected chi connectivity index (χ3v) is 4.71. The fraction of sp³-hybridized carbons (Fsp3) is 0.182. The third-order valence-electron chi connectivity index (χ3n) is 4.71. The Balaban J connectivity index is 1.64. The molecule has 0 aliphatic heterocycles. The van der Waals surface area contributed by atoms with E-state index in [-0.39, 0.29) is 35.9 Å². The van der Waals surface area contributed by atoms with Crippen molar-refractivity contribution in [3.63, 3.8) is 0 Å². The van der Waals surface area contributed by atoms with E-state index in [2.05, 4.69) is 10.1 Å². The van der Waals surface area contributed by atoms with Crippen LogP contribution in [0.5, 0.6) is 5.75 Å². The Bertz CT molecular complexity index is 1410. The molecule has 0 saturated carbocycles. The minimum Gasteiger partial charge on any atom is -0.483 e. The van der Waals surface area contributed by atoms with Crippen molar-refractivity contribution in [3.05, 3.63) is 92.3 Å². The zero-order chi connectivity index (χ0) is 23.5. The van der Waals surface area contributed by atoms with Crippen molar-refractivity contribution in [1.29, 1.82) is 0 Å². The van der Waals surface area contributed by atoms with Crippen LogP contribution in [0.3, 0.4) is 0 Å². The molecule has 0 spiro atoms. The molecule has 0 bridgehead atoms. The normalized spacial score (nSPS) is 10.8. The van der Waals surface area contributed by atoms with Gasteiger partial charge in [0.1, 0.15) is 12.3 Å². The van der Waals surface area contributed by atoms with Crippen LogP contribution in [0.1, 0.15) is 28.7 Å². The van der Waals surface area contributed by atoms with Gasteiger partial charge in [-0.1, -0.05) is 6.07 Å². The van der Waals surface area contributed by atoms with E-state index in [0.717, 1.165) is 5.56 Å². The zero-order valence-electron chi connectivity index (χ0n) is 17.8. The molecule has 11 nitrogen and oxygen atoms in total. The van der Waals surface area contributed by atoms with E-state index in [0.29, 0.717) is 17.0 Å². The highest BCUT2D eigenvalue weighted by molar-refractivity contribution is 5.90. The highest BCUT2D eigenvalue weighted by atomic mass is 16.6. The number of aryl methyl sites for hydroxylation is 1. The van der Waals surface area contributed by atoms with Gasteiger partial charge < -0.3 is 9.47 Å². The number of carbonyl (C=O) groups is 1. The molecule has 3 aromatic heterocycles. The largest absolute Gasteiger partial charge is 0.483 e. The summed E-state index contributed by atoms with van der Waals surface area (Å²) in [7, 11) is 0. The van der Waals surface area contributed by atoms with Gasteiger partial charge in [0.2, 0.25) is 5.69 Å². The topological polar surface area (TPSA) is 131 Å². The first-order valence-corrected chi connectivity index (χ1v) is 9.99. The van der Waals surface area contributed by atoms with Crippen molar-refractivity contribution in [2.75, 3.05) is 6.61 Å². The molecule has 1 aromatic carbocycles. The number of fused-ring (bicyclic) bond motifs is 1. The zero-order valence-corrected chi connectivity index (χ0v) is 17.8. The number of nitro groups is 1. The lowest BCUT2D eigenvalue weighted by Crippen LogP contribution is -2.16. The predicted octanol–water partition coefficient (Wildman–Crippen LogP) is 2.85. The standard InChI is InChI=1S/C22H19N5O6/c1-3-32-22(29)21-18(12-26(24-21)16-5-7-17(8-6-16)27(30)31)33-13-15-10-20(28)25-11-14(2)4-9-19(25)23-15/h4-12H,3,13H2,1-2H3. The minimum atomic E-state index is -0.685. The van der Waals surface area contributed by atoms with E-state index in [1.807, 2.05) is 13.0 Å². The van der Waals surface area contributed by atoms with Crippen molar-refractivity contribution in [3.8, 4) is 11.4 Å². The second-order valence-electron chi connectivity index (χ2n) is 7.09. The van der Waals surface area contributed by atoms with E-state index in [4.69, 9.17) is 9.47 Å². The summed E-state index contributed by atoms with van der Waals surface area (Å²) < 4.78 is 13.6. The van der Waals surface area contributed by atoms with Crippen LogP contribution in [0, 0.1) is 17.0 Å². The number of aromatic nitrogens is 4. The van der Waals surface area contributed by atoms with E-state index < -0.39 is 10.9 Å². The Kier molecular flexibility index (Phi) is 5.85. The second-order valence-corrected chi connectivity index (χ2v) is 7.09. The number of hydrogen-bond acceptors (Lipinski definition) is 8. The van der Waals surface area contributed by atoms with Gasteiger partial charge in [-0.3, -0.25) is 19.3 Å². The van der Waals surface area contributed by atoms with Crippen molar-refractivity contribution < 1.29 is 19.2 Å². The highest BCUT2D eigenvalue weighted by Crippen LogP contribution is 2.23. The first-order valence-electron chi connectivity index (χ1n) is 9.99. The summed E-state index contributed by atoms with van der Waals surface area (Å²) in [5.41, 5.74) is 1.86. The molecular weight excluding hydrogens is 430 g/mol. The van der Waals surface area contributed by atoms with Crippen LogP contribution >= 0.6 is 0 Å². The lowest BCUT2D eigenvalue weighted by atomic mass is 10.3. The number of nitro benzene ring substituents is 1. The molecule has 168 valence electrons. The van der Waals surface area contributed by atoms with Gasteiger partial charge in [-0.15, -0.1) is 0 Å². The average Bonchev–Trinajstić information content (AvgIpc) is 3.23. The summed E-state index contributed by atoms with van der Waals surface area (Å²) in [6.07, 6.45) is 3.16. The minimum absolute atomic E-state index is 0.0664. The summed E-state index contributed by atoms with van der Waals surface area (Å²) >= 11 is 0. The number of ether oxygens (including phenoxy) is 2. The molecule has 0 aliphatic rings. The van der Waals surface area contributed by atoms with Gasteiger partial charge in [0.05, 0.1) is 29.1 Å². The molecule has 0 atom stereocenters. The number of rotatable bonds is 7. The van der Waals surface area contributed by atoms with Gasteiger partial charge in [-0.05, 0) is 37.6 Å². The maximum absolute atomic E-state index is 12.4. The van der Waals surface area contributed by atoms with Gasteiger partial charge in [-0.25, -0.2) is 14.5 Å². The summed E-state index contributed by atoms with van der Waals surface area (Å²) in [6, 6.07) is 10.6. The Morgan fingerprint density at radius 3 is 2.61 bits per heavy atom. The fourth-order valence-electron chi connectivity index (χ4n) is 3.15. The van der Waals surface area contributed by atoms with Crippen LogP contribution in [0.15, 0.2) is 59.7 Å². The summed E-state index contributed by atoms with van der Waals surface area (Å²) in [5, 5.41) is 15.1. The lowest BCUT2D eigenvalue weighted by molar-refractivity contribution is -0.384. The van der Waals surface area contributed by atoms with Crippen molar-refractivity contribution in [2.24, 2.45) is 0 Å². The molecule has 3 heterocycles. The summed E-state index contributed by atoms with van der Waals surface area (Å²) in [5.74, 6) is -0.562. The molecule has 0 fully saturated rings. The van der Waals surface area contributed by atoms with Crippen LogP contribution in [0.2, 0.25) is 0 Å². The molecular formula is C22H19N5O6. The molecule has 0 radical (unpaired) electrons. The smallest absolute Gasteiger partial charge is 0.362 e. The van der Waals surface area contributed by atoms with E-state index >= 15 is 0 Å². The van der Waals surface area contributed by atoms with Gasteiger partial charge in [0.15, 0.2) is 5.75 Å². The average molecular weight is 449 g/mol. The third kappa shape index (κ3) is 4.56. The number of hydrogen-bond donors (Lipinski definition) is 0. The summed E-state index contributed by atoms with van der Waals surface area (Å²) in [4.78, 5) is 39.6. The molecule has 0 aliphatic carbocycles. The Morgan fingerprint density at radius 2 is 1.91 bits per heavy atom. The molecule has 0 saturated heterocycles. The van der Waals surface area contributed by atoms with Gasteiger partial charge in [0.25, 0.3) is 11.2 Å². The van der Waals surface area contributed by atoms with Crippen molar-refractivity contribution in [2.45, 2.75) is 20.5 Å². The lowest BCUT2D eigenvalue weighted by Gasteiger charge is -2.07. The fourth-order valence-corrected chi connectivity index (χ4v) is 3.15. The number of nitrogens with zero attached hydrogens (tertiary/aromatic N) is 5. The van der Waals surface area contributed by atoms with E-state index in [1.54, 1.807) is 19.2 Å². The van der Waals surface area contributed by atoms with Gasteiger partial charge >= 0.3 is 5.97 Å². The number of non-ortho nitro benzene ring substituents is 1. The number of esters is 1. The SMILES string of the molecule is CCOC(=O)c1nn(-c2ccc([N+](=O)[O-])cc2)cc1OCc1cc(=O)n2cc(C)ccc2n1. The first-order chi connectivity index (χ1) is 15.9. The maximum Gasteiger partial charge on any atom is 0.362 e. The number of benzene rings is 1. The van der Waals surface area contributed by atoms with Crippen LogP contribution in [-0.4, -0.2) is 36.7 Å². The maximum atomic E-state index is 12.4. The van der Waals surface area contributed by atoms with Gasteiger partial charge in [0, 0.05) is 24.4 Å². The molecule has 0 N–H and O–H groups in total. The van der Waals surface area contributed by atoms with Crippen LogP contribution < -0.4 is 10.3 Å². The highest BCUT2D eigenvalue weighted by Gasteiger charge is 2.21. The van der Waals surface area contributed by atoms with Crippen LogP contribution in [0.25, 0.3) is 11.3 Å². The molecule has 0 unspecified atom stereocenters. The van der Waals surface area contributed by atoms with Gasteiger partial charge in [-0.2, -0.15) is 5.10 Å². The Morgan fingerprint density at radius 1 is 1.15 bits per heavy atom. The quantitative estimate of drug-likeness (QED) is 0.239. The van der Waals surface area contributed by atoms with Crippen LogP contribution in [-0.2, 0) is 11.3 Å². The Hall–Kier alpha value is -4.54. The summed E-state index contributed by atoms with van der Waals surface area (Å²) in [6.45, 7) is 3.60. The van der Waals surface area contributed by atoms with E-state index in [1.165, 1.54) is 45.6 Å². The van der Waals surface area contributed by atoms with E-state index in [9.17, 15) is 19.7 Å². The van der Waals surface area contributed by atoms with Crippen LogP contribution in [0.4, 0.5) is 5.69 Å². The van der Waals surface area contributed by atoms with Crippen molar-refractivity contribution >= 4 is 17.3 Å². The first kappa shape index (κ1) is 21.7. The molecule has 4 rings (SSSR count). The predicted molar refractivity (Wildman–Crippen MR) is 117 cm³/mol. The second kappa shape index (κ2) is 8.91. The Labute approximate surface area is 187 Å². The molecule has 11 heteroatoms. The number of carbonyl (C=O) groups excluding carboxylic acids is 1. The molecule has 33 heavy (non-hydrogen) atoms. The van der Waals surface area contributed by atoms with Crippen molar-refractivity contribution in [1.82, 2.24) is 19.2 Å².